The number of amides is 2. The van der Waals surface area contributed by atoms with Gasteiger partial charge in [0, 0.05) is 11.6 Å². The number of carbonyl (C=O) groups excluding carboxylic acids is 1. The van der Waals surface area contributed by atoms with Crippen LogP contribution in [0, 0.1) is 6.92 Å². The van der Waals surface area contributed by atoms with Crippen LogP contribution in [0.15, 0.2) is 23.7 Å². The Kier molecular flexibility index (Phi) is 5.97. The highest BCUT2D eigenvalue weighted by molar-refractivity contribution is 7.09. The van der Waals surface area contributed by atoms with Crippen molar-refractivity contribution < 1.29 is 9.53 Å². The number of halogens is 1. The number of aromatic nitrogens is 2. The Labute approximate surface area is 137 Å². The van der Waals surface area contributed by atoms with Crippen molar-refractivity contribution >= 4 is 29.0 Å². The third-order valence-corrected chi connectivity index (χ3v) is 3.86. The molecule has 1 atom stereocenters. The standard InChI is InChI=1S/C14H17ClN4O2S/c1-9(12-8-22-10(2)19-12)18-14(20)17-6-7-21-13-11(15)4-3-5-16-13/h3-5,8-9H,6-7H2,1-2H3,(H2,17,18,20). The molecule has 0 aliphatic rings. The predicted molar refractivity (Wildman–Crippen MR) is 86.5 cm³/mol. The van der Waals surface area contributed by atoms with Gasteiger partial charge in [-0.05, 0) is 26.0 Å². The zero-order valence-electron chi connectivity index (χ0n) is 12.3. The highest BCUT2D eigenvalue weighted by Gasteiger charge is 2.11. The van der Waals surface area contributed by atoms with Crippen LogP contribution in [-0.2, 0) is 0 Å². The summed E-state index contributed by atoms with van der Waals surface area (Å²) in [5.74, 6) is 0.359. The first-order chi connectivity index (χ1) is 10.6. The van der Waals surface area contributed by atoms with Gasteiger partial charge in [0.15, 0.2) is 0 Å². The molecule has 1 unspecified atom stereocenters. The van der Waals surface area contributed by atoms with Crippen molar-refractivity contribution in [2.24, 2.45) is 0 Å². The first kappa shape index (κ1) is 16.5. The zero-order chi connectivity index (χ0) is 15.9. The molecule has 0 aromatic carbocycles. The molecule has 8 heteroatoms. The highest BCUT2D eigenvalue weighted by atomic mass is 35.5. The molecule has 2 aromatic heterocycles. The minimum Gasteiger partial charge on any atom is -0.475 e. The van der Waals surface area contributed by atoms with Crippen molar-refractivity contribution in [3.05, 3.63) is 39.4 Å². The minimum atomic E-state index is -0.270. The fourth-order valence-electron chi connectivity index (χ4n) is 1.69. The summed E-state index contributed by atoms with van der Waals surface area (Å²) in [5.41, 5.74) is 0.856. The van der Waals surface area contributed by atoms with Crippen molar-refractivity contribution in [1.29, 1.82) is 0 Å². The molecule has 0 bridgehead atoms. The van der Waals surface area contributed by atoms with Gasteiger partial charge in [0.25, 0.3) is 0 Å². The second-order valence-corrected chi connectivity index (χ2v) is 6.02. The van der Waals surface area contributed by atoms with Crippen LogP contribution in [0.5, 0.6) is 5.88 Å². The molecule has 0 spiro atoms. The van der Waals surface area contributed by atoms with E-state index in [9.17, 15) is 4.79 Å². The number of hydrogen-bond donors (Lipinski definition) is 2. The molecule has 0 aliphatic carbocycles. The lowest BCUT2D eigenvalue weighted by Crippen LogP contribution is -2.39. The van der Waals surface area contributed by atoms with Crippen LogP contribution in [0.2, 0.25) is 5.02 Å². The topological polar surface area (TPSA) is 76.1 Å². The van der Waals surface area contributed by atoms with Crippen LogP contribution >= 0.6 is 22.9 Å². The quantitative estimate of drug-likeness (QED) is 0.793. The number of urea groups is 1. The molecule has 118 valence electrons. The Bertz CT molecular complexity index is 635. The number of rotatable bonds is 6. The summed E-state index contributed by atoms with van der Waals surface area (Å²) < 4.78 is 5.38. The fourth-order valence-corrected chi connectivity index (χ4v) is 2.57. The summed E-state index contributed by atoms with van der Waals surface area (Å²) in [6.45, 7) is 4.45. The van der Waals surface area contributed by atoms with Crippen molar-refractivity contribution in [1.82, 2.24) is 20.6 Å². The second kappa shape index (κ2) is 7.95. The molecule has 0 aliphatic heterocycles. The normalized spacial score (nSPS) is 11.8. The number of aryl methyl sites for hydroxylation is 1. The summed E-state index contributed by atoms with van der Waals surface area (Å²) in [4.78, 5) is 20.1. The lowest BCUT2D eigenvalue weighted by Gasteiger charge is -2.13. The van der Waals surface area contributed by atoms with Crippen LogP contribution in [-0.4, -0.2) is 29.2 Å². The maximum atomic E-state index is 11.8. The van der Waals surface area contributed by atoms with Gasteiger partial charge in [0.1, 0.15) is 11.6 Å². The van der Waals surface area contributed by atoms with E-state index in [0.717, 1.165) is 10.7 Å². The Morgan fingerprint density at radius 1 is 1.55 bits per heavy atom. The van der Waals surface area contributed by atoms with E-state index in [1.165, 1.54) is 0 Å². The maximum absolute atomic E-state index is 11.8. The smallest absolute Gasteiger partial charge is 0.315 e. The molecule has 2 aromatic rings. The number of pyridine rings is 1. The van der Waals surface area contributed by atoms with E-state index in [1.54, 1.807) is 29.7 Å². The van der Waals surface area contributed by atoms with E-state index in [-0.39, 0.29) is 18.7 Å². The summed E-state index contributed by atoms with van der Waals surface area (Å²) in [7, 11) is 0. The maximum Gasteiger partial charge on any atom is 0.315 e. The highest BCUT2D eigenvalue weighted by Crippen LogP contribution is 2.19. The van der Waals surface area contributed by atoms with Crippen LogP contribution in [0.25, 0.3) is 0 Å². The summed E-state index contributed by atoms with van der Waals surface area (Å²) >= 11 is 7.47. The molecule has 2 N–H and O–H groups in total. The number of hydrogen-bond acceptors (Lipinski definition) is 5. The van der Waals surface area contributed by atoms with Crippen molar-refractivity contribution in [3.63, 3.8) is 0 Å². The lowest BCUT2D eigenvalue weighted by molar-refractivity contribution is 0.233. The van der Waals surface area contributed by atoms with Gasteiger partial charge < -0.3 is 15.4 Å². The van der Waals surface area contributed by atoms with Crippen molar-refractivity contribution in [2.45, 2.75) is 19.9 Å². The molecule has 2 heterocycles. The number of thiazole rings is 1. The van der Waals surface area contributed by atoms with E-state index < -0.39 is 0 Å². The van der Waals surface area contributed by atoms with Gasteiger partial charge in [-0.25, -0.2) is 14.8 Å². The molecule has 2 amide bonds. The summed E-state index contributed by atoms with van der Waals surface area (Å²) in [5, 5.41) is 8.88. The molecule has 0 saturated heterocycles. The van der Waals surface area contributed by atoms with E-state index in [2.05, 4.69) is 20.6 Å². The third-order valence-electron chi connectivity index (χ3n) is 2.78. The minimum absolute atomic E-state index is 0.142. The van der Waals surface area contributed by atoms with Crippen LogP contribution in [0.4, 0.5) is 4.79 Å². The monoisotopic (exact) mass is 340 g/mol. The SMILES string of the molecule is Cc1nc(C(C)NC(=O)NCCOc2ncccc2Cl)cs1. The summed E-state index contributed by atoms with van der Waals surface area (Å²) in [6.07, 6.45) is 1.60. The van der Waals surface area contributed by atoms with Crippen LogP contribution in [0.1, 0.15) is 23.7 Å². The predicted octanol–water partition coefficient (Wildman–Crippen LogP) is 2.94. The second-order valence-electron chi connectivity index (χ2n) is 4.55. The Morgan fingerprint density at radius 2 is 2.36 bits per heavy atom. The largest absolute Gasteiger partial charge is 0.475 e. The van der Waals surface area contributed by atoms with Crippen molar-refractivity contribution in [3.8, 4) is 5.88 Å². The van der Waals surface area contributed by atoms with Gasteiger partial charge in [0.05, 0.1) is 23.3 Å². The molecule has 0 fully saturated rings. The molecule has 0 radical (unpaired) electrons. The number of nitrogens with one attached hydrogen (secondary N) is 2. The van der Waals surface area contributed by atoms with Gasteiger partial charge in [-0.1, -0.05) is 11.6 Å². The van der Waals surface area contributed by atoms with Gasteiger partial charge in [-0.15, -0.1) is 11.3 Å². The third kappa shape index (κ3) is 4.85. The fraction of sp³-hybridized carbons (Fsp3) is 0.357. The van der Waals surface area contributed by atoms with Gasteiger partial charge in [-0.3, -0.25) is 0 Å². The molecule has 0 saturated carbocycles. The zero-order valence-corrected chi connectivity index (χ0v) is 13.9. The average molecular weight is 341 g/mol. The van der Waals surface area contributed by atoms with Gasteiger partial charge in [0.2, 0.25) is 5.88 Å². The average Bonchev–Trinajstić information content (AvgIpc) is 2.92. The van der Waals surface area contributed by atoms with Crippen LogP contribution in [0.3, 0.4) is 0 Å². The first-order valence-corrected chi connectivity index (χ1v) is 8.01. The molecule has 6 nitrogen and oxygen atoms in total. The van der Waals surface area contributed by atoms with E-state index in [4.69, 9.17) is 16.3 Å². The van der Waals surface area contributed by atoms with E-state index >= 15 is 0 Å². The molecular formula is C14H17ClN4O2S. The first-order valence-electron chi connectivity index (χ1n) is 6.76. The number of ether oxygens (including phenoxy) is 1. The Hall–Kier alpha value is -1.86. The van der Waals surface area contributed by atoms with Crippen LogP contribution < -0.4 is 15.4 Å². The van der Waals surface area contributed by atoms with Gasteiger partial charge >= 0.3 is 6.03 Å². The van der Waals surface area contributed by atoms with E-state index in [0.29, 0.717) is 17.4 Å². The van der Waals surface area contributed by atoms with Gasteiger partial charge in [-0.2, -0.15) is 0 Å². The molecule has 22 heavy (non-hydrogen) atoms. The molecule has 2 rings (SSSR count). The number of carbonyl (C=O) groups is 1. The molecular weight excluding hydrogens is 324 g/mol. The van der Waals surface area contributed by atoms with Crippen molar-refractivity contribution in [2.75, 3.05) is 13.2 Å². The summed E-state index contributed by atoms with van der Waals surface area (Å²) in [6, 6.07) is 3.01. The Morgan fingerprint density at radius 3 is 3.05 bits per heavy atom. The number of nitrogens with zero attached hydrogens (tertiary/aromatic N) is 2. The Balaban J connectivity index is 1.69. The van der Waals surface area contributed by atoms with E-state index in [1.807, 2.05) is 19.2 Å². The lowest BCUT2D eigenvalue weighted by atomic mass is 10.3.